The lowest BCUT2D eigenvalue weighted by Crippen LogP contribution is -2.34. The number of nitrogens with zero attached hydrogens (tertiary/aromatic N) is 3. The van der Waals surface area contributed by atoms with Gasteiger partial charge in [-0.1, -0.05) is 12.1 Å². The lowest BCUT2D eigenvalue weighted by Gasteiger charge is -2.13. The molecule has 0 radical (unpaired) electrons. The molecule has 0 saturated carbocycles. The Kier molecular flexibility index (Phi) is 4.80. The van der Waals surface area contributed by atoms with Crippen LogP contribution in [0.1, 0.15) is 5.56 Å². The number of imidazole rings is 1. The molecule has 0 unspecified atom stereocenters. The SMILES string of the molecule is Cc1ccn2cc(-c3cccc(NC(=O)CN(C)S(C)(=O)=O)c3)nc2c1. The molecule has 8 heteroatoms. The Balaban J connectivity index is 1.80. The number of hydrogen-bond acceptors (Lipinski definition) is 4. The molecule has 2 aromatic heterocycles. The van der Waals surface area contributed by atoms with E-state index in [1.54, 1.807) is 6.07 Å². The van der Waals surface area contributed by atoms with Gasteiger partial charge in [-0.15, -0.1) is 0 Å². The number of amides is 1. The maximum atomic E-state index is 12.1. The second-order valence-electron chi connectivity index (χ2n) is 6.24. The number of likely N-dealkylation sites (N-methyl/N-ethyl adjacent to an activating group) is 1. The van der Waals surface area contributed by atoms with E-state index in [4.69, 9.17) is 0 Å². The van der Waals surface area contributed by atoms with Gasteiger partial charge in [-0.05, 0) is 36.8 Å². The van der Waals surface area contributed by atoms with Crippen molar-refractivity contribution in [3.05, 3.63) is 54.4 Å². The number of anilines is 1. The van der Waals surface area contributed by atoms with E-state index in [2.05, 4.69) is 10.3 Å². The highest BCUT2D eigenvalue weighted by Gasteiger charge is 2.15. The summed E-state index contributed by atoms with van der Waals surface area (Å²) in [6.45, 7) is 1.77. The third kappa shape index (κ3) is 4.09. The van der Waals surface area contributed by atoms with Crippen LogP contribution in [0.5, 0.6) is 0 Å². The zero-order valence-corrected chi connectivity index (χ0v) is 15.6. The van der Waals surface area contributed by atoms with Gasteiger partial charge in [0.25, 0.3) is 0 Å². The van der Waals surface area contributed by atoms with Gasteiger partial charge in [0.1, 0.15) is 5.65 Å². The van der Waals surface area contributed by atoms with E-state index < -0.39 is 15.9 Å². The van der Waals surface area contributed by atoms with Gasteiger partial charge in [0.15, 0.2) is 0 Å². The van der Waals surface area contributed by atoms with Gasteiger partial charge < -0.3 is 9.72 Å². The molecule has 1 amide bonds. The Labute approximate surface area is 152 Å². The molecule has 1 aromatic carbocycles. The molecular formula is C18H20N4O3S. The third-order valence-corrected chi connectivity index (χ3v) is 5.25. The zero-order chi connectivity index (χ0) is 18.9. The van der Waals surface area contributed by atoms with Gasteiger partial charge in [-0.2, -0.15) is 4.31 Å². The number of rotatable bonds is 5. The van der Waals surface area contributed by atoms with Crippen molar-refractivity contribution in [2.75, 3.05) is 25.2 Å². The molecule has 3 aromatic rings. The molecule has 0 bridgehead atoms. The number of benzene rings is 1. The summed E-state index contributed by atoms with van der Waals surface area (Å²) in [6.07, 6.45) is 4.94. The Morgan fingerprint density at radius 2 is 2.04 bits per heavy atom. The van der Waals surface area contributed by atoms with Crippen molar-refractivity contribution in [1.82, 2.24) is 13.7 Å². The predicted octanol–water partition coefficient (Wildman–Crippen LogP) is 2.14. The summed E-state index contributed by atoms with van der Waals surface area (Å²) < 4.78 is 25.7. The molecule has 7 nitrogen and oxygen atoms in total. The summed E-state index contributed by atoms with van der Waals surface area (Å²) >= 11 is 0. The monoisotopic (exact) mass is 372 g/mol. The zero-order valence-electron chi connectivity index (χ0n) is 14.8. The summed E-state index contributed by atoms with van der Waals surface area (Å²) in [7, 11) is -2.03. The highest BCUT2D eigenvalue weighted by atomic mass is 32.2. The van der Waals surface area contributed by atoms with Crippen LogP contribution < -0.4 is 5.32 Å². The maximum absolute atomic E-state index is 12.1. The highest BCUT2D eigenvalue weighted by molar-refractivity contribution is 7.88. The average Bonchev–Trinajstić information content (AvgIpc) is 2.97. The number of aromatic nitrogens is 2. The van der Waals surface area contributed by atoms with Crippen LogP contribution in [0.2, 0.25) is 0 Å². The quantitative estimate of drug-likeness (QED) is 0.744. The smallest absolute Gasteiger partial charge is 0.239 e. The van der Waals surface area contributed by atoms with Crippen LogP contribution in [0.25, 0.3) is 16.9 Å². The molecule has 0 aliphatic heterocycles. The second kappa shape index (κ2) is 6.89. The van der Waals surface area contributed by atoms with Crippen molar-refractivity contribution in [1.29, 1.82) is 0 Å². The number of sulfonamides is 1. The molecule has 1 N–H and O–H groups in total. The minimum atomic E-state index is -3.40. The number of hydrogen-bond donors (Lipinski definition) is 1. The molecule has 0 saturated heterocycles. The third-order valence-electron chi connectivity index (χ3n) is 3.99. The van der Waals surface area contributed by atoms with Crippen LogP contribution in [0, 0.1) is 6.92 Å². The summed E-state index contributed by atoms with van der Waals surface area (Å²) in [5, 5.41) is 2.72. The molecule has 0 aliphatic rings. The van der Waals surface area contributed by atoms with Gasteiger partial charge in [-0.25, -0.2) is 13.4 Å². The van der Waals surface area contributed by atoms with E-state index in [-0.39, 0.29) is 6.54 Å². The molecular weight excluding hydrogens is 352 g/mol. The predicted molar refractivity (Wildman–Crippen MR) is 101 cm³/mol. The molecule has 3 rings (SSSR count). The van der Waals surface area contributed by atoms with Crippen molar-refractivity contribution in [2.24, 2.45) is 0 Å². The number of aryl methyl sites for hydroxylation is 1. The van der Waals surface area contributed by atoms with Crippen LogP contribution in [-0.4, -0.2) is 47.9 Å². The van der Waals surface area contributed by atoms with Crippen LogP contribution in [-0.2, 0) is 14.8 Å². The highest BCUT2D eigenvalue weighted by Crippen LogP contribution is 2.23. The fourth-order valence-electron chi connectivity index (χ4n) is 2.50. The van der Waals surface area contributed by atoms with Crippen molar-refractivity contribution in [3.63, 3.8) is 0 Å². The van der Waals surface area contributed by atoms with Crippen molar-refractivity contribution in [2.45, 2.75) is 6.92 Å². The first-order valence-electron chi connectivity index (χ1n) is 7.99. The molecule has 0 spiro atoms. The van der Waals surface area contributed by atoms with Crippen molar-refractivity contribution < 1.29 is 13.2 Å². The summed E-state index contributed by atoms with van der Waals surface area (Å²) in [5.74, 6) is -0.402. The minimum Gasteiger partial charge on any atom is -0.325 e. The van der Waals surface area contributed by atoms with Gasteiger partial charge in [-0.3, -0.25) is 4.79 Å². The van der Waals surface area contributed by atoms with Crippen LogP contribution in [0.4, 0.5) is 5.69 Å². The van der Waals surface area contributed by atoms with E-state index in [1.807, 2.05) is 54.0 Å². The van der Waals surface area contributed by atoms with Crippen LogP contribution in [0.15, 0.2) is 48.8 Å². The number of carbonyl (C=O) groups is 1. The van der Waals surface area contributed by atoms with E-state index in [9.17, 15) is 13.2 Å². The first-order valence-corrected chi connectivity index (χ1v) is 9.84. The normalized spacial score (nSPS) is 11.8. The first-order chi connectivity index (χ1) is 12.2. The lowest BCUT2D eigenvalue weighted by atomic mass is 10.1. The van der Waals surface area contributed by atoms with Crippen molar-refractivity contribution in [3.8, 4) is 11.3 Å². The van der Waals surface area contributed by atoms with E-state index >= 15 is 0 Å². The van der Waals surface area contributed by atoms with Gasteiger partial charge in [0.05, 0.1) is 18.5 Å². The second-order valence-corrected chi connectivity index (χ2v) is 8.33. The van der Waals surface area contributed by atoms with Gasteiger partial charge >= 0.3 is 0 Å². The average molecular weight is 372 g/mol. The van der Waals surface area contributed by atoms with Crippen LogP contribution >= 0.6 is 0 Å². The molecule has 26 heavy (non-hydrogen) atoms. The van der Waals surface area contributed by atoms with Crippen molar-refractivity contribution >= 4 is 27.3 Å². The minimum absolute atomic E-state index is 0.239. The molecule has 0 fully saturated rings. The molecule has 0 atom stereocenters. The summed E-state index contributed by atoms with van der Waals surface area (Å²) in [5.41, 5.74) is 4.22. The van der Waals surface area contributed by atoms with E-state index in [0.717, 1.165) is 33.0 Å². The van der Waals surface area contributed by atoms with E-state index in [1.165, 1.54) is 7.05 Å². The fraction of sp³-hybridized carbons (Fsp3) is 0.222. The first kappa shape index (κ1) is 18.1. The Bertz CT molecular complexity index is 1070. The topological polar surface area (TPSA) is 83.8 Å². The molecule has 2 heterocycles. The summed E-state index contributed by atoms with van der Waals surface area (Å²) in [4.78, 5) is 16.7. The summed E-state index contributed by atoms with van der Waals surface area (Å²) in [6, 6.07) is 11.3. The number of carbonyl (C=O) groups excluding carboxylic acids is 1. The lowest BCUT2D eigenvalue weighted by molar-refractivity contribution is -0.116. The molecule has 136 valence electrons. The van der Waals surface area contributed by atoms with Crippen LogP contribution in [0.3, 0.4) is 0 Å². The molecule has 0 aliphatic carbocycles. The van der Waals surface area contributed by atoms with E-state index in [0.29, 0.717) is 5.69 Å². The number of pyridine rings is 1. The number of fused-ring (bicyclic) bond motifs is 1. The Hall–Kier alpha value is -2.71. The Morgan fingerprint density at radius 1 is 1.27 bits per heavy atom. The fourth-order valence-corrected chi connectivity index (χ4v) is 2.85. The Morgan fingerprint density at radius 3 is 2.77 bits per heavy atom. The van der Waals surface area contributed by atoms with Gasteiger partial charge in [0, 0.05) is 30.7 Å². The standard InChI is InChI=1S/C18H20N4O3S/c1-13-7-8-22-11-16(20-17(22)9-13)14-5-4-6-15(10-14)19-18(23)12-21(2)26(3,24)25/h4-11H,12H2,1-3H3,(H,19,23). The largest absolute Gasteiger partial charge is 0.325 e. The van der Waals surface area contributed by atoms with Gasteiger partial charge in [0.2, 0.25) is 15.9 Å². The number of nitrogens with one attached hydrogen (secondary N) is 1. The maximum Gasteiger partial charge on any atom is 0.239 e.